The van der Waals surface area contributed by atoms with Crippen molar-refractivity contribution in [3.8, 4) is 0 Å². The molecule has 1 aromatic heterocycles. The van der Waals surface area contributed by atoms with Crippen LogP contribution < -0.4 is 16.0 Å². The second-order valence-electron chi connectivity index (χ2n) is 8.23. The minimum Gasteiger partial charge on any atom is -0.450 e. The Balaban J connectivity index is 2.74. The number of hydrogen-bond acceptors (Lipinski definition) is 5. The first kappa shape index (κ1) is 23.9. The van der Waals surface area contributed by atoms with E-state index in [1.54, 1.807) is 13.0 Å². The Morgan fingerprint density at radius 1 is 1.21 bits per heavy atom. The molecule has 8 heteroatoms. The molecule has 0 saturated heterocycles. The maximum Gasteiger partial charge on any atom is 0.407 e. The van der Waals surface area contributed by atoms with Crippen LogP contribution in [0.15, 0.2) is 6.07 Å². The molecule has 1 rings (SSSR count). The molecule has 7 nitrogen and oxygen atoms in total. The van der Waals surface area contributed by atoms with Gasteiger partial charge in [0.15, 0.2) is 0 Å². The van der Waals surface area contributed by atoms with E-state index >= 15 is 0 Å². The molecular weight excluding hydrogens is 378 g/mol. The third-order valence-electron chi connectivity index (χ3n) is 3.90. The third kappa shape index (κ3) is 7.88. The van der Waals surface area contributed by atoms with Crippen LogP contribution in [0.25, 0.3) is 0 Å². The number of ether oxygens (including phenoxy) is 1. The number of alkyl carbamates (subject to hydrolysis) is 1. The van der Waals surface area contributed by atoms with Gasteiger partial charge >= 0.3 is 6.09 Å². The molecule has 0 bridgehead atoms. The van der Waals surface area contributed by atoms with Crippen LogP contribution in [-0.2, 0) is 9.53 Å². The van der Waals surface area contributed by atoms with E-state index in [1.807, 2.05) is 27.7 Å². The van der Waals surface area contributed by atoms with Crippen molar-refractivity contribution in [1.29, 1.82) is 0 Å². The highest BCUT2D eigenvalue weighted by Crippen LogP contribution is 2.28. The van der Waals surface area contributed by atoms with Crippen molar-refractivity contribution in [2.75, 3.05) is 18.5 Å². The lowest BCUT2D eigenvalue weighted by Crippen LogP contribution is -2.44. The summed E-state index contributed by atoms with van der Waals surface area (Å²) in [7, 11) is 0. The predicted octanol–water partition coefficient (Wildman–Crippen LogP) is 3.93. The van der Waals surface area contributed by atoms with E-state index in [-0.39, 0.29) is 17.9 Å². The zero-order chi connectivity index (χ0) is 21.5. The van der Waals surface area contributed by atoms with Gasteiger partial charge in [-0.15, -0.1) is 11.3 Å². The number of aryl methyl sites for hydroxylation is 1. The van der Waals surface area contributed by atoms with Crippen LogP contribution in [0.1, 0.15) is 63.2 Å². The van der Waals surface area contributed by atoms with Gasteiger partial charge in [-0.2, -0.15) is 0 Å². The molecule has 0 aliphatic rings. The Morgan fingerprint density at radius 3 is 2.39 bits per heavy atom. The molecule has 1 atom stereocenters. The van der Waals surface area contributed by atoms with Crippen LogP contribution >= 0.6 is 11.3 Å². The van der Waals surface area contributed by atoms with Crippen LogP contribution in [0.2, 0.25) is 0 Å². The Labute approximate surface area is 171 Å². The van der Waals surface area contributed by atoms with Crippen molar-refractivity contribution in [2.45, 2.75) is 60.9 Å². The van der Waals surface area contributed by atoms with Gasteiger partial charge in [-0.3, -0.25) is 9.59 Å². The second-order valence-corrected chi connectivity index (χ2v) is 9.28. The van der Waals surface area contributed by atoms with Gasteiger partial charge in [-0.25, -0.2) is 4.79 Å². The first-order chi connectivity index (χ1) is 12.9. The summed E-state index contributed by atoms with van der Waals surface area (Å²) in [4.78, 5) is 37.0. The third-order valence-corrected chi connectivity index (χ3v) is 5.06. The van der Waals surface area contributed by atoms with Crippen LogP contribution in [0.5, 0.6) is 0 Å². The lowest BCUT2D eigenvalue weighted by Gasteiger charge is -2.20. The number of anilines is 1. The quantitative estimate of drug-likeness (QED) is 0.604. The SMILES string of the molecule is CCOC(=O)NC(CNC(=O)c1sc(NC(=O)C(C)(C)C)cc1C)CC(C)C. The fourth-order valence-corrected chi connectivity index (χ4v) is 3.45. The van der Waals surface area contributed by atoms with Gasteiger partial charge in [0.1, 0.15) is 0 Å². The minimum atomic E-state index is -0.511. The normalized spacial score (nSPS) is 12.4. The predicted molar refractivity (Wildman–Crippen MR) is 113 cm³/mol. The fraction of sp³-hybridized carbons (Fsp3) is 0.650. The number of amides is 3. The highest BCUT2D eigenvalue weighted by molar-refractivity contribution is 7.18. The molecule has 1 heterocycles. The molecule has 158 valence electrons. The van der Waals surface area contributed by atoms with E-state index in [2.05, 4.69) is 29.8 Å². The minimum absolute atomic E-state index is 0.101. The van der Waals surface area contributed by atoms with Crippen molar-refractivity contribution in [3.05, 3.63) is 16.5 Å². The van der Waals surface area contributed by atoms with Gasteiger partial charge in [0, 0.05) is 18.0 Å². The molecule has 0 fully saturated rings. The van der Waals surface area contributed by atoms with Gasteiger partial charge in [0.05, 0.1) is 16.5 Å². The molecule has 0 radical (unpaired) electrons. The molecule has 0 spiro atoms. The Kier molecular flexibility index (Phi) is 8.94. The van der Waals surface area contributed by atoms with Crippen molar-refractivity contribution < 1.29 is 19.1 Å². The summed E-state index contributed by atoms with van der Waals surface area (Å²) in [5.41, 5.74) is 0.286. The van der Waals surface area contributed by atoms with E-state index < -0.39 is 11.5 Å². The smallest absolute Gasteiger partial charge is 0.407 e. The summed E-state index contributed by atoms with van der Waals surface area (Å²) in [6.45, 7) is 13.8. The van der Waals surface area contributed by atoms with Gasteiger partial charge in [0.2, 0.25) is 5.91 Å². The lowest BCUT2D eigenvalue weighted by atomic mass is 9.96. The zero-order valence-corrected chi connectivity index (χ0v) is 18.7. The van der Waals surface area contributed by atoms with E-state index in [1.165, 1.54) is 11.3 Å². The summed E-state index contributed by atoms with van der Waals surface area (Å²) < 4.78 is 4.93. The summed E-state index contributed by atoms with van der Waals surface area (Å²) in [6.07, 6.45) is 0.233. The molecule has 0 aromatic carbocycles. The van der Waals surface area contributed by atoms with Crippen molar-refractivity contribution in [3.63, 3.8) is 0 Å². The van der Waals surface area contributed by atoms with Gasteiger partial charge < -0.3 is 20.7 Å². The summed E-state index contributed by atoms with van der Waals surface area (Å²) in [6, 6.07) is 1.58. The molecule has 0 aliphatic heterocycles. The zero-order valence-electron chi connectivity index (χ0n) is 17.9. The van der Waals surface area contributed by atoms with E-state index in [4.69, 9.17) is 4.74 Å². The van der Waals surface area contributed by atoms with E-state index in [9.17, 15) is 14.4 Å². The number of rotatable bonds is 8. The van der Waals surface area contributed by atoms with Gasteiger partial charge in [-0.1, -0.05) is 34.6 Å². The Morgan fingerprint density at radius 2 is 1.86 bits per heavy atom. The molecule has 3 N–H and O–H groups in total. The summed E-state index contributed by atoms with van der Waals surface area (Å²) in [5.74, 6) is 0.0287. The highest BCUT2D eigenvalue weighted by Gasteiger charge is 2.23. The molecule has 3 amide bonds. The Bertz CT molecular complexity index is 692. The summed E-state index contributed by atoms with van der Waals surface area (Å²) >= 11 is 1.24. The van der Waals surface area contributed by atoms with Crippen molar-refractivity contribution in [1.82, 2.24) is 10.6 Å². The van der Waals surface area contributed by atoms with Crippen LogP contribution in [0, 0.1) is 18.3 Å². The fourth-order valence-electron chi connectivity index (χ4n) is 2.47. The van der Waals surface area contributed by atoms with Gasteiger partial charge in [-0.05, 0) is 37.8 Å². The largest absolute Gasteiger partial charge is 0.450 e. The van der Waals surface area contributed by atoms with Crippen LogP contribution in [-0.4, -0.2) is 37.1 Å². The average molecular weight is 412 g/mol. The standard InChI is InChI=1S/C20H33N3O4S/c1-8-27-19(26)22-14(9-12(2)3)11-21-17(24)16-13(4)10-15(28-16)23-18(25)20(5,6)7/h10,12,14H,8-9,11H2,1-7H3,(H,21,24)(H,22,26)(H,23,25). The number of hydrogen-bond donors (Lipinski definition) is 3. The topological polar surface area (TPSA) is 96.5 Å². The number of carbonyl (C=O) groups excluding carboxylic acids is 3. The second kappa shape index (κ2) is 10.5. The first-order valence-electron chi connectivity index (χ1n) is 9.57. The van der Waals surface area contributed by atoms with Crippen LogP contribution in [0.4, 0.5) is 9.80 Å². The molecule has 1 aromatic rings. The monoisotopic (exact) mass is 411 g/mol. The molecule has 0 aliphatic carbocycles. The molecule has 0 saturated carbocycles. The average Bonchev–Trinajstić information content (AvgIpc) is 2.91. The maximum atomic E-state index is 12.6. The Hall–Kier alpha value is -2.09. The van der Waals surface area contributed by atoms with Gasteiger partial charge in [0.25, 0.3) is 5.91 Å². The first-order valence-corrected chi connectivity index (χ1v) is 10.4. The van der Waals surface area contributed by atoms with Crippen molar-refractivity contribution in [2.24, 2.45) is 11.3 Å². The lowest BCUT2D eigenvalue weighted by molar-refractivity contribution is -0.123. The van der Waals surface area contributed by atoms with E-state index in [0.717, 1.165) is 12.0 Å². The molecule has 1 unspecified atom stereocenters. The van der Waals surface area contributed by atoms with Crippen LogP contribution in [0.3, 0.4) is 0 Å². The summed E-state index contributed by atoms with van der Waals surface area (Å²) in [5, 5.41) is 9.17. The van der Waals surface area contributed by atoms with Crippen molar-refractivity contribution >= 4 is 34.2 Å². The molecule has 28 heavy (non-hydrogen) atoms. The number of nitrogens with one attached hydrogen (secondary N) is 3. The maximum absolute atomic E-state index is 12.6. The highest BCUT2D eigenvalue weighted by atomic mass is 32.1. The number of thiophene rings is 1. The molecular formula is C20H33N3O4S. The van der Waals surface area contributed by atoms with E-state index in [0.29, 0.717) is 28.9 Å². The number of carbonyl (C=O) groups is 3.